The van der Waals surface area contributed by atoms with Crippen molar-refractivity contribution in [2.24, 2.45) is 10.9 Å². The lowest BCUT2D eigenvalue weighted by molar-refractivity contribution is -0.307. The zero-order valence-electron chi connectivity index (χ0n) is 16.5. The van der Waals surface area contributed by atoms with Crippen LogP contribution in [0.4, 0.5) is 0 Å². The Morgan fingerprint density at radius 2 is 1.89 bits per heavy atom. The molecule has 27 heavy (non-hydrogen) atoms. The Hall–Kier alpha value is -2.22. The average Bonchev–Trinajstić information content (AvgIpc) is 2.74. The molecule has 1 atom stereocenters. The lowest BCUT2D eigenvalue weighted by atomic mass is 9.97. The van der Waals surface area contributed by atoms with Crippen LogP contribution in [0.25, 0.3) is 0 Å². The van der Waals surface area contributed by atoms with Crippen molar-refractivity contribution >= 4 is 11.7 Å². The number of nitrogens with two attached hydrogens (primary N) is 1. The zero-order valence-corrected chi connectivity index (χ0v) is 16.5. The van der Waals surface area contributed by atoms with E-state index < -0.39 is 23.1 Å². The van der Waals surface area contributed by atoms with Gasteiger partial charge in [0.05, 0.1) is 22.8 Å². The van der Waals surface area contributed by atoms with Crippen molar-refractivity contribution in [3.8, 4) is 0 Å². The Morgan fingerprint density at radius 3 is 2.37 bits per heavy atom. The van der Waals surface area contributed by atoms with Gasteiger partial charge in [0.2, 0.25) is 0 Å². The van der Waals surface area contributed by atoms with E-state index in [9.17, 15) is 15.1 Å². The molecule has 0 bridgehead atoms. The van der Waals surface area contributed by atoms with Crippen molar-refractivity contribution in [2.45, 2.75) is 58.2 Å². The molecule has 7 heteroatoms. The third-order valence-corrected chi connectivity index (χ3v) is 4.94. The minimum Gasteiger partial charge on any atom is -0.548 e. The second-order valence-corrected chi connectivity index (χ2v) is 7.97. The first-order valence-electron chi connectivity index (χ1n) is 8.89. The van der Waals surface area contributed by atoms with Crippen LogP contribution in [0.1, 0.15) is 45.7 Å². The number of benzene rings is 1. The average molecular weight is 374 g/mol. The maximum atomic E-state index is 10.7. The van der Waals surface area contributed by atoms with Crippen molar-refractivity contribution < 1.29 is 19.9 Å². The molecular formula is C20H28N3O4-. The van der Waals surface area contributed by atoms with Gasteiger partial charge in [0, 0.05) is 6.04 Å². The van der Waals surface area contributed by atoms with Gasteiger partial charge in [-0.15, -0.1) is 0 Å². The Labute approximate surface area is 160 Å². The van der Waals surface area contributed by atoms with E-state index in [4.69, 9.17) is 10.6 Å². The number of rotatable bonds is 7. The van der Waals surface area contributed by atoms with Gasteiger partial charge in [-0.3, -0.25) is 0 Å². The summed E-state index contributed by atoms with van der Waals surface area (Å²) in [7, 11) is 0. The molecule has 0 saturated heterocycles. The highest BCUT2D eigenvalue weighted by Crippen LogP contribution is 2.38. The maximum absolute atomic E-state index is 10.7. The molecule has 1 aromatic carbocycles. The topological polar surface area (TPSA) is 111 Å². The van der Waals surface area contributed by atoms with Gasteiger partial charge in [0.1, 0.15) is 6.61 Å². The smallest absolute Gasteiger partial charge is 0.140 e. The number of carboxylic acid groups (broad SMARTS) is 1. The van der Waals surface area contributed by atoms with Crippen molar-refractivity contribution in [1.82, 2.24) is 5.06 Å². The van der Waals surface area contributed by atoms with Crippen LogP contribution in [0.5, 0.6) is 0 Å². The number of hydrogen-bond donors (Lipinski definition) is 2. The molecular weight excluding hydrogens is 346 g/mol. The molecule has 0 aromatic heterocycles. The van der Waals surface area contributed by atoms with Gasteiger partial charge in [-0.2, -0.15) is 5.06 Å². The first kappa shape index (κ1) is 21.1. The largest absolute Gasteiger partial charge is 0.548 e. The summed E-state index contributed by atoms with van der Waals surface area (Å²) in [5.74, 6) is -1.26. The van der Waals surface area contributed by atoms with Crippen molar-refractivity contribution in [1.29, 1.82) is 0 Å². The fraction of sp³-hybridized carbons (Fsp3) is 0.500. The number of carbonyl (C=O) groups excluding carboxylic acids is 1. The third-order valence-electron chi connectivity index (χ3n) is 4.94. The van der Waals surface area contributed by atoms with Crippen LogP contribution in [-0.4, -0.2) is 45.7 Å². The van der Waals surface area contributed by atoms with E-state index in [1.54, 1.807) is 0 Å². The molecule has 3 N–H and O–H groups in total. The van der Waals surface area contributed by atoms with Crippen LogP contribution in [0, 0.1) is 0 Å². The Morgan fingerprint density at radius 1 is 1.30 bits per heavy atom. The summed E-state index contributed by atoms with van der Waals surface area (Å²) in [4.78, 5) is 16.2. The van der Waals surface area contributed by atoms with E-state index in [1.807, 2.05) is 65.0 Å². The van der Waals surface area contributed by atoms with Gasteiger partial charge in [0.15, 0.2) is 0 Å². The fourth-order valence-electron chi connectivity index (χ4n) is 3.21. The summed E-state index contributed by atoms with van der Waals surface area (Å²) in [5, 5.41) is 26.5. The van der Waals surface area contributed by atoms with Crippen LogP contribution >= 0.6 is 0 Å². The Bertz CT molecular complexity index is 751. The SMILES string of the molecule is C/C(=N\OCC1=CC(C)(C)N(O)C1(C)C)c1ccc(C[C@H](N)C(=O)[O-])cc1. The summed E-state index contributed by atoms with van der Waals surface area (Å²) in [6.45, 7) is 9.85. The summed E-state index contributed by atoms with van der Waals surface area (Å²) in [5.41, 5.74) is 7.84. The molecule has 1 aliphatic rings. The van der Waals surface area contributed by atoms with Crippen molar-refractivity contribution in [3.05, 3.63) is 47.0 Å². The van der Waals surface area contributed by atoms with Crippen LogP contribution in [0.15, 0.2) is 41.1 Å². The minimum atomic E-state index is -1.26. The number of carbonyl (C=O) groups is 1. The lowest BCUT2D eigenvalue weighted by Gasteiger charge is -2.36. The van der Waals surface area contributed by atoms with Gasteiger partial charge in [-0.05, 0) is 57.7 Å². The van der Waals surface area contributed by atoms with Gasteiger partial charge >= 0.3 is 0 Å². The predicted molar refractivity (Wildman–Crippen MR) is 101 cm³/mol. The molecule has 0 aliphatic carbocycles. The van der Waals surface area contributed by atoms with Gasteiger partial charge in [-0.1, -0.05) is 35.5 Å². The molecule has 1 heterocycles. The first-order valence-corrected chi connectivity index (χ1v) is 8.89. The number of nitrogens with zero attached hydrogens (tertiary/aromatic N) is 2. The van der Waals surface area contributed by atoms with E-state index in [0.29, 0.717) is 5.71 Å². The van der Waals surface area contributed by atoms with E-state index in [-0.39, 0.29) is 13.0 Å². The third kappa shape index (κ3) is 4.74. The minimum absolute atomic E-state index is 0.214. The molecule has 0 radical (unpaired) electrons. The second kappa shape index (κ2) is 7.80. The van der Waals surface area contributed by atoms with Crippen LogP contribution in [-0.2, 0) is 16.1 Å². The molecule has 1 aromatic rings. The van der Waals surface area contributed by atoms with Crippen LogP contribution < -0.4 is 10.8 Å². The van der Waals surface area contributed by atoms with Gasteiger partial charge < -0.3 is 25.7 Å². The quantitative estimate of drug-likeness (QED) is 0.422. The van der Waals surface area contributed by atoms with E-state index in [2.05, 4.69) is 5.16 Å². The van der Waals surface area contributed by atoms with Crippen LogP contribution in [0.3, 0.4) is 0 Å². The van der Waals surface area contributed by atoms with Crippen LogP contribution in [0.2, 0.25) is 0 Å². The highest BCUT2D eigenvalue weighted by molar-refractivity contribution is 5.98. The van der Waals surface area contributed by atoms with E-state index >= 15 is 0 Å². The van der Waals surface area contributed by atoms with Gasteiger partial charge in [0.25, 0.3) is 0 Å². The molecule has 7 nitrogen and oxygen atoms in total. The van der Waals surface area contributed by atoms with Crippen molar-refractivity contribution in [3.63, 3.8) is 0 Å². The standard InChI is InChI=1S/C20H29N3O4/c1-13(15-8-6-14(7-9-15)10-17(21)18(24)25)22-27-12-16-11-19(2,3)23(26)20(16,4)5/h6-9,11,17,26H,10,12,21H2,1-5H3,(H,24,25)/p-1/b22-13+/t17-/m0/s1. The Balaban J connectivity index is 1.99. The van der Waals surface area contributed by atoms with E-state index in [0.717, 1.165) is 16.7 Å². The number of aliphatic carboxylic acids is 1. The molecule has 0 amide bonds. The highest BCUT2D eigenvalue weighted by atomic mass is 16.6. The highest BCUT2D eigenvalue weighted by Gasteiger charge is 2.45. The molecule has 0 unspecified atom stereocenters. The number of carboxylic acids is 1. The molecule has 0 saturated carbocycles. The number of hydrogen-bond acceptors (Lipinski definition) is 7. The second-order valence-electron chi connectivity index (χ2n) is 7.97. The van der Waals surface area contributed by atoms with E-state index in [1.165, 1.54) is 5.06 Å². The van der Waals surface area contributed by atoms with Gasteiger partial charge in [-0.25, -0.2) is 0 Å². The van der Waals surface area contributed by atoms with Crippen molar-refractivity contribution in [2.75, 3.05) is 6.61 Å². The normalized spacial score (nSPS) is 20.3. The Kier molecular flexibility index (Phi) is 6.09. The summed E-state index contributed by atoms with van der Waals surface area (Å²) in [6.07, 6.45) is 2.21. The monoisotopic (exact) mass is 374 g/mol. The summed E-state index contributed by atoms with van der Waals surface area (Å²) >= 11 is 0. The molecule has 0 spiro atoms. The number of oxime groups is 1. The summed E-state index contributed by atoms with van der Waals surface area (Å²) < 4.78 is 0. The lowest BCUT2D eigenvalue weighted by Crippen LogP contribution is -2.48. The molecule has 2 rings (SSSR count). The maximum Gasteiger partial charge on any atom is 0.140 e. The molecule has 1 aliphatic heterocycles. The molecule has 0 fully saturated rings. The fourth-order valence-corrected chi connectivity index (χ4v) is 3.21. The number of hydroxylamine groups is 2. The molecule has 148 valence electrons. The first-order chi connectivity index (χ1) is 12.4. The zero-order chi connectivity index (χ0) is 20.4. The summed E-state index contributed by atoms with van der Waals surface area (Å²) in [6, 6.07) is 6.29. The predicted octanol–water partition coefficient (Wildman–Crippen LogP) is 1.24.